The maximum absolute atomic E-state index is 13.1. The molecule has 0 aliphatic rings. The maximum Gasteiger partial charge on any atom is 0.472 e. The molecule has 19 heteroatoms. The first kappa shape index (κ1) is 96.1. The molecule has 0 heterocycles. The van der Waals surface area contributed by atoms with Gasteiger partial charge in [0.25, 0.3) is 0 Å². The van der Waals surface area contributed by atoms with Crippen LogP contribution in [0, 0.1) is 11.8 Å². The van der Waals surface area contributed by atoms with E-state index in [0.29, 0.717) is 25.7 Å². The Morgan fingerprint density at radius 3 is 0.776 bits per heavy atom. The van der Waals surface area contributed by atoms with Gasteiger partial charge < -0.3 is 33.8 Å². The zero-order valence-corrected chi connectivity index (χ0v) is 65.9. The van der Waals surface area contributed by atoms with Gasteiger partial charge in [-0.3, -0.25) is 37.3 Å². The molecule has 98 heavy (non-hydrogen) atoms. The number of esters is 4. The molecule has 3 N–H and O–H groups in total. The highest BCUT2D eigenvalue weighted by atomic mass is 31.2. The molecule has 0 bridgehead atoms. The summed E-state index contributed by atoms with van der Waals surface area (Å²) in [5.41, 5.74) is 0. The molecule has 0 radical (unpaired) electrons. The third kappa shape index (κ3) is 71.1. The van der Waals surface area contributed by atoms with Crippen molar-refractivity contribution in [2.24, 2.45) is 11.8 Å². The zero-order chi connectivity index (χ0) is 72.1. The Morgan fingerprint density at radius 2 is 0.520 bits per heavy atom. The number of ether oxygens (including phenoxy) is 4. The van der Waals surface area contributed by atoms with Gasteiger partial charge in [0, 0.05) is 25.7 Å². The van der Waals surface area contributed by atoms with Gasteiger partial charge in [-0.15, -0.1) is 0 Å². The minimum atomic E-state index is -4.96. The highest BCUT2D eigenvalue weighted by Gasteiger charge is 2.30. The molecule has 3 unspecified atom stereocenters. The molecule has 582 valence electrons. The molecule has 6 atom stereocenters. The second kappa shape index (κ2) is 70.7. The minimum absolute atomic E-state index is 0.107. The molecular formula is C79H154O17P2. The Kier molecular flexibility index (Phi) is 69.3. The fraction of sp³-hybridized carbons (Fsp3) is 0.949. The Labute approximate surface area is 600 Å². The molecule has 0 spiro atoms. The van der Waals surface area contributed by atoms with Crippen LogP contribution in [0.15, 0.2) is 0 Å². The number of hydrogen-bond donors (Lipinski definition) is 3. The molecule has 0 aliphatic heterocycles. The van der Waals surface area contributed by atoms with Crippen molar-refractivity contribution in [3.63, 3.8) is 0 Å². The average Bonchev–Trinajstić information content (AvgIpc) is 1.18. The summed E-state index contributed by atoms with van der Waals surface area (Å²) in [6, 6.07) is 0. The summed E-state index contributed by atoms with van der Waals surface area (Å²) in [4.78, 5) is 73.0. The fourth-order valence-corrected chi connectivity index (χ4v) is 13.7. The SMILES string of the molecule is CCCCCCCCCCCCCCCCCCCC(=O)O[C@H](COC(=O)CCCCCCCCCCCCCCCC(C)C)COP(=O)(O)OC[C@@H](O)COP(=O)(O)OC[C@@H](COC(=O)CCCCCCCCC(C)CC)OC(=O)CCCCCCCCCCCCCCCCC. The van der Waals surface area contributed by atoms with Crippen LogP contribution in [0.4, 0.5) is 0 Å². The largest absolute Gasteiger partial charge is 0.472 e. The van der Waals surface area contributed by atoms with E-state index in [1.165, 1.54) is 225 Å². The van der Waals surface area contributed by atoms with E-state index in [-0.39, 0.29) is 25.7 Å². The molecule has 17 nitrogen and oxygen atoms in total. The van der Waals surface area contributed by atoms with Crippen molar-refractivity contribution in [1.29, 1.82) is 0 Å². The molecule has 0 fully saturated rings. The highest BCUT2D eigenvalue weighted by Crippen LogP contribution is 2.45. The number of aliphatic hydroxyl groups is 1. The van der Waals surface area contributed by atoms with Crippen LogP contribution in [0.5, 0.6) is 0 Å². The second-order valence-corrected chi connectivity index (χ2v) is 32.1. The van der Waals surface area contributed by atoms with Crippen LogP contribution in [0.25, 0.3) is 0 Å². The van der Waals surface area contributed by atoms with E-state index in [1.807, 2.05) is 0 Å². The summed E-state index contributed by atoms with van der Waals surface area (Å²) >= 11 is 0. The molecule has 0 saturated carbocycles. The predicted octanol–water partition coefficient (Wildman–Crippen LogP) is 23.5. The third-order valence-electron chi connectivity index (χ3n) is 18.8. The second-order valence-electron chi connectivity index (χ2n) is 29.2. The van der Waals surface area contributed by atoms with Crippen molar-refractivity contribution in [3.8, 4) is 0 Å². The van der Waals surface area contributed by atoms with Crippen molar-refractivity contribution < 1.29 is 80.2 Å². The topological polar surface area (TPSA) is 237 Å². The number of phosphoric ester groups is 2. The first-order valence-electron chi connectivity index (χ1n) is 41.0. The number of hydrogen-bond acceptors (Lipinski definition) is 15. The maximum atomic E-state index is 13.1. The minimum Gasteiger partial charge on any atom is -0.462 e. The van der Waals surface area contributed by atoms with E-state index in [9.17, 15) is 43.2 Å². The van der Waals surface area contributed by atoms with Crippen molar-refractivity contribution in [2.45, 2.75) is 432 Å². The van der Waals surface area contributed by atoms with Gasteiger partial charge in [-0.1, -0.05) is 363 Å². The zero-order valence-electron chi connectivity index (χ0n) is 64.1. The van der Waals surface area contributed by atoms with Crippen LogP contribution in [0.1, 0.15) is 414 Å². The summed E-state index contributed by atoms with van der Waals surface area (Å²) in [7, 11) is -9.92. The van der Waals surface area contributed by atoms with E-state index in [1.54, 1.807) is 0 Å². The monoisotopic (exact) mass is 1440 g/mol. The third-order valence-corrected chi connectivity index (χ3v) is 20.7. The lowest BCUT2D eigenvalue weighted by Gasteiger charge is -2.21. The quantitative estimate of drug-likeness (QED) is 0.0222. The van der Waals surface area contributed by atoms with Gasteiger partial charge in [0.15, 0.2) is 12.2 Å². The van der Waals surface area contributed by atoms with E-state index < -0.39 is 97.5 Å². The lowest BCUT2D eigenvalue weighted by molar-refractivity contribution is -0.161. The molecule has 0 aromatic heterocycles. The van der Waals surface area contributed by atoms with Gasteiger partial charge in [-0.05, 0) is 37.5 Å². The Hall–Kier alpha value is -1.94. The molecule has 0 aliphatic carbocycles. The Morgan fingerprint density at radius 1 is 0.296 bits per heavy atom. The van der Waals surface area contributed by atoms with E-state index in [2.05, 4.69) is 41.5 Å². The number of rotatable bonds is 78. The molecule has 0 rings (SSSR count). The van der Waals surface area contributed by atoms with Gasteiger partial charge in [-0.25, -0.2) is 9.13 Å². The van der Waals surface area contributed by atoms with Crippen LogP contribution in [-0.2, 0) is 65.4 Å². The average molecular weight is 1440 g/mol. The lowest BCUT2D eigenvalue weighted by Crippen LogP contribution is -2.30. The van der Waals surface area contributed by atoms with Crippen LogP contribution < -0.4 is 0 Å². The number of phosphoric acid groups is 2. The number of carbonyl (C=O) groups excluding carboxylic acids is 4. The van der Waals surface area contributed by atoms with Gasteiger partial charge in [0.2, 0.25) is 0 Å². The van der Waals surface area contributed by atoms with Gasteiger partial charge >= 0.3 is 39.5 Å². The van der Waals surface area contributed by atoms with E-state index in [4.69, 9.17) is 37.0 Å². The Balaban J connectivity index is 5.25. The van der Waals surface area contributed by atoms with E-state index >= 15 is 0 Å². The first-order chi connectivity index (χ1) is 47.4. The van der Waals surface area contributed by atoms with Crippen LogP contribution in [-0.4, -0.2) is 96.7 Å². The van der Waals surface area contributed by atoms with Crippen molar-refractivity contribution in [3.05, 3.63) is 0 Å². The number of aliphatic hydroxyl groups excluding tert-OH is 1. The summed E-state index contributed by atoms with van der Waals surface area (Å²) in [5.74, 6) is -0.588. The molecule has 0 aromatic rings. The Bertz CT molecular complexity index is 1890. The molecular weight excluding hydrogens is 1280 g/mol. The van der Waals surface area contributed by atoms with Crippen molar-refractivity contribution in [1.82, 2.24) is 0 Å². The highest BCUT2D eigenvalue weighted by molar-refractivity contribution is 7.47. The number of unbranched alkanes of at least 4 members (excludes halogenated alkanes) is 47. The van der Waals surface area contributed by atoms with E-state index in [0.717, 1.165) is 108 Å². The summed E-state index contributed by atoms with van der Waals surface area (Å²) < 4.78 is 68.7. The standard InChI is InChI=1S/C79H154O17P2/c1-7-10-12-14-16-18-20-22-24-25-27-31-36-40-44-52-58-63-78(83)95-74(67-89-76(81)61-55-49-42-38-34-32-28-29-33-37-41-47-53-59-71(4)5)69-93-97(85,86)91-65-73(80)66-92-98(87,88)94-70-75(68-90-77(82)62-56-50-46-45-48-54-60-72(6)9-3)96-79(84)64-57-51-43-39-35-30-26-23-21-19-17-15-13-11-8-2/h71-75,80H,7-70H2,1-6H3,(H,85,86)(H,87,88)/t72?,73-,74-,75-/m1/s1. The van der Waals surface area contributed by atoms with Crippen LogP contribution >= 0.6 is 15.6 Å². The van der Waals surface area contributed by atoms with Crippen LogP contribution in [0.2, 0.25) is 0 Å². The molecule has 0 amide bonds. The van der Waals surface area contributed by atoms with Gasteiger partial charge in [-0.2, -0.15) is 0 Å². The van der Waals surface area contributed by atoms with Gasteiger partial charge in [0.1, 0.15) is 19.3 Å². The fourth-order valence-electron chi connectivity index (χ4n) is 12.2. The summed E-state index contributed by atoms with van der Waals surface area (Å²) in [6.45, 7) is 9.61. The summed E-state index contributed by atoms with van der Waals surface area (Å²) in [6.07, 6.45) is 59.6. The van der Waals surface area contributed by atoms with Crippen molar-refractivity contribution in [2.75, 3.05) is 39.6 Å². The van der Waals surface area contributed by atoms with Gasteiger partial charge in [0.05, 0.1) is 26.4 Å². The predicted molar refractivity (Wildman–Crippen MR) is 400 cm³/mol. The molecule has 0 aromatic carbocycles. The normalized spacial score (nSPS) is 14.2. The smallest absolute Gasteiger partial charge is 0.462 e. The number of carbonyl (C=O) groups is 4. The van der Waals surface area contributed by atoms with Crippen molar-refractivity contribution >= 4 is 39.5 Å². The molecule has 0 saturated heterocycles. The van der Waals surface area contributed by atoms with Crippen LogP contribution in [0.3, 0.4) is 0 Å². The lowest BCUT2D eigenvalue weighted by atomic mass is 10.00. The summed E-state index contributed by atoms with van der Waals surface area (Å²) in [5, 5.41) is 10.6. The first-order valence-corrected chi connectivity index (χ1v) is 44.0.